The molecule has 0 saturated carbocycles. The molecule has 0 aliphatic heterocycles. The van der Waals surface area contributed by atoms with Gasteiger partial charge in [0.15, 0.2) is 0 Å². The molecule has 0 amide bonds. The number of benzene rings is 1. The smallest absolute Gasteiger partial charge is 0.214 e. The highest BCUT2D eigenvalue weighted by atomic mass is 127. The van der Waals surface area contributed by atoms with E-state index in [0.717, 1.165) is 17.0 Å². The van der Waals surface area contributed by atoms with Crippen LogP contribution in [0.2, 0.25) is 0 Å². The van der Waals surface area contributed by atoms with Crippen LogP contribution in [-0.2, 0) is 12.4 Å². The first-order valence-electron chi connectivity index (χ1n) is 6.32. The molecular weight excluding hydrogens is 408 g/mol. The highest BCUT2D eigenvalue weighted by Gasteiger charge is 2.15. The van der Waals surface area contributed by atoms with Gasteiger partial charge < -0.3 is 8.98 Å². The third-order valence-electron chi connectivity index (χ3n) is 3.36. The fourth-order valence-electron chi connectivity index (χ4n) is 2.19. The largest absolute Gasteiger partial charge is 0.444 e. The second kappa shape index (κ2) is 5.57. The van der Waals surface area contributed by atoms with Gasteiger partial charge in [-0.15, -0.1) is 11.6 Å². The van der Waals surface area contributed by atoms with Crippen LogP contribution in [0.5, 0.6) is 0 Å². The van der Waals surface area contributed by atoms with Crippen molar-refractivity contribution in [3.63, 3.8) is 0 Å². The molecule has 3 aromatic rings. The fraction of sp³-hybridized carbons (Fsp3) is 0.286. The Morgan fingerprint density at radius 1 is 1.33 bits per heavy atom. The van der Waals surface area contributed by atoms with Gasteiger partial charge in [-0.25, -0.2) is 14.4 Å². The summed E-state index contributed by atoms with van der Waals surface area (Å²) >= 11 is 7.90. The van der Waals surface area contributed by atoms with Gasteiger partial charge in [-0.3, -0.25) is 0 Å². The average Bonchev–Trinajstić information content (AvgIpc) is 2.92. The molecule has 21 heavy (non-hydrogen) atoms. The zero-order chi connectivity index (χ0) is 15.1. The van der Waals surface area contributed by atoms with Crippen LogP contribution in [0.15, 0.2) is 16.5 Å². The summed E-state index contributed by atoms with van der Waals surface area (Å²) in [5, 5.41) is 0. The van der Waals surface area contributed by atoms with Gasteiger partial charge in [0.2, 0.25) is 5.89 Å². The van der Waals surface area contributed by atoms with E-state index in [4.69, 9.17) is 16.0 Å². The van der Waals surface area contributed by atoms with Gasteiger partial charge in [0.05, 0.1) is 26.2 Å². The Hall–Kier alpha value is -1.15. The summed E-state index contributed by atoms with van der Waals surface area (Å²) in [6.07, 6.45) is 0. The summed E-state index contributed by atoms with van der Waals surface area (Å²) in [5.74, 6) is 1.98. The first-order chi connectivity index (χ1) is 9.99. The number of halogens is 3. The number of hydrogen-bond acceptors (Lipinski definition) is 3. The normalized spacial score (nSPS) is 11.5. The second-order valence-electron chi connectivity index (χ2n) is 4.75. The Kier molecular flexibility index (Phi) is 3.92. The van der Waals surface area contributed by atoms with Crippen molar-refractivity contribution in [1.29, 1.82) is 0 Å². The molecule has 1 aromatic carbocycles. The van der Waals surface area contributed by atoms with Gasteiger partial charge in [0.1, 0.15) is 23.9 Å². The summed E-state index contributed by atoms with van der Waals surface area (Å²) < 4.78 is 21.8. The molecule has 0 radical (unpaired) electrons. The van der Waals surface area contributed by atoms with Gasteiger partial charge in [-0.2, -0.15) is 0 Å². The third kappa shape index (κ3) is 2.66. The van der Waals surface area contributed by atoms with Crippen LogP contribution in [0, 0.1) is 23.2 Å². The Balaban J connectivity index is 2.13. The molecule has 0 spiro atoms. The van der Waals surface area contributed by atoms with E-state index in [1.165, 1.54) is 6.07 Å². The Labute approximate surface area is 139 Å². The van der Waals surface area contributed by atoms with Crippen molar-refractivity contribution in [2.45, 2.75) is 26.3 Å². The lowest BCUT2D eigenvalue weighted by atomic mass is 10.3. The lowest BCUT2D eigenvalue weighted by Gasteiger charge is -2.05. The summed E-state index contributed by atoms with van der Waals surface area (Å²) in [7, 11) is 0. The number of imidazole rings is 1. The van der Waals surface area contributed by atoms with E-state index < -0.39 is 0 Å². The van der Waals surface area contributed by atoms with Crippen molar-refractivity contribution < 1.29 is 8.81 Å². The predicted octanol–water partition coefficient (Wildman–Crippen LogP) is 4.17. The molecule has 110 valence electrons. The molecule has 2 heterocycles. The zero-order valence-electron chi connectivity index (χ0n) is 11.5. The molecular formula is C14H12ClFIN3O. The molecule has 0 N–H and O–H groups in total. The number of aryl methyl sites for hydroxylation is 2. The van der Waals surface area contributed by atoms with Crippen LogP contribution in [-0.4, -0.2) is 14.5 Å². The van der Waals surface area contributed by atoms with Crippen molar-refractivity contribution in [3.8, 4) is 0 Å². The zero-order valence-corrected chi connectivity index (χ0v) is 14.4. The second-order valence-corrected chi connectivity index (χ2v) is 6.18. The van der Waals surface area contributed by atoms with Crippen LogP contribution in [0.1, 0.15) is 23.2 Å². The van der Waals surface area contributed by atoms with Crippen LogP contribution < -0.4 is 0 Å². The SMILES string of the molecule is Cc1nc(Cn2c(CCl)nc3cc(I)c(F)cc32)oc1C. The van der Waals surface area contributed by atoms with Crippen LogP contribution >= 0.6 is 34.2 Å². The van der Waals surface area contributed by atoms with E-state index >= 15 is 0 Å². The van der Waals surface area contributed by atoms with Gasteiger partial charge >= 0.3 is 0 Å². The standard InChI is InChI=1S/C14H12ClFIN3O/c1-7-8(2)21-14(18-7)6-20-12-3-9(16)10(17)4-11(12)19-13(20)5-15/h3-4H,5-6H2,1-2H3. The maximum absolute atomic E-state index is 13.8. The molecule has 2 aromatic heterocycles. The number of oxazole rings is 1. The first-order valence-corrected chi connectivity index (χ1v) is 7.94. The van der Waals surface area contributed by atoms with E-state index in [2.05, 4.69) is 9.97 Å². The van der Waals surface area contributed by atoms with E-state index in [-0.39, 0.29) is 11.7 Å². The summed E-state index contributed by atoms with van der Waals surface area (Å²) in [6, 6.07) is 3.19. The van der Waals surface area contributed by atoms with Crippen molar-refractivity contribution in [2.24, 2.45) is 0 Å². The summed E-state index contributed by atoms with van der Waals surface area (Å²) in [6.45, 7) is 4.13. The van der Waals surface area contributed by atoms with Gasteiger partial charge in [-0.1, -0.05) is 0 Å². The first kappa shape index (κ1) is 14.8. The summed E-state index contributed by atoms with van der Waals surface area (Å²) in [5.41, 5.74) is 2.26. The molecule has 0 unspecified atom stereocenters. The van der Waals surface area contributed by atoms with E-state index in [0.29, 0.717) is 27.3 Å². The molecule has 3 rings (SSSR count). The quantitative estimate of drug-likeness (QED) is 0.473. The minimum Gasteiger partial charge on any atom is -0.444 e. The minimum atomic E-state index is -0.273. The number of alkyl halides is 1. The van der Waals surface area contributed by atoms with Gasteiger partial charge in [0, 0.05) is 6.07 Å². The summed E-state index contributed by atoms with van der Waals surface area (Å²) in [4.78, 5) is 8.80. The van der Waals surface area contributed by atoms with Crippen molar-refractivity contribution >= 4 is 45.2 Å². The van der Waals surface area contributed by atoms with Crippen LogP contribution in [0.25, 0.3) is 11.0 Å². The molecule has 4 nitrogen and oxygen atoms in total. The number of aromatic nitrogens is 3. The molecule has 0 fully saturated rings. The van der Waals surface area contributed by atoms with E-state index in [1.54, 1.807) is 6.07 Å². The van der Waals surface area contributed by atoms with Crippen LogP contribution in [0.4, 0.5) is 4.39 Å². The Bertz CT molecular complexity index is 808. The van der Waals surface area contributed by atoms with Crippen molar-refractivity contribution in [3.05, 3.63) is 44.7 Å². The van der Waals surface area contributed by atoms with Crippen molar-refractivity contribution in [2.75, 3.05) is 0 Å². The van der Waals surface area contributed by atoms with E-state index in [9.17, 15) is 4.39 Å². The molecule has 0 aliphatic carbocycles. The highest BCUT2D eigenvalue weighted by Crippen LogP contribution is 2.24. The number of rotatable bonds is 3. The third-order valence-corrected chi connectivity index (χ3v) is 4.42. The molecule has 0 atom stereocenters. The number of fused-ring (bicyclic) bond motifs is 1. The monoisotopic (exact) mass is 419 g/mol. The van der Waals surface area contributed by atoms with Gasteiger partial charge in [-0.05, 0) is 42.5 Å². The molecule has 0 aliphatic rings. The average molecular weight is 420 g/mol. The lowest BCUT2D eigenvalue weighted by Crippen LogP contribution is -2.04. The number of hydrogen-bond donors (Lipinski definition) is 0. The minimum absolute atomic E-state index is 0.242. The maximum atomic E-state index is 13.8. The highest BCUT2D eigenvalue weighted by molar-refractivity contribution is 14.1. The lowest BCUT2D eigenvalue weighted by molar-refractivity contribution is 0.457. The fourth-order valence-corrected chi connectivity index (χ4v) is 2.85. The Morgan fingerprint density at radius 2 is 2.10 bits per heavy atom. The predicted molar refractivity (Wildman–Crippen MR) is 87.0 cm³/mol. The topological polar surface area (TPSA) is 43.9 Å². The molecule has 0 saturated heterocycles. The van der Waals surface area contributed by atoms with E-state index in [1.807, 2.05) is 41.0 Å². The Morgan fingerprint density at radius 3 is 2.71 bits per heavy atom. The number of nitrogens with zero attached hydrogens (tertiary/aromatic N) is 3. The maximum Gasteiger partial charge on any atom is 0.214 e. The molecule has 7 heteroatoms. The van der Waals surface area contributed by atoms with Crippen molar-refractivity contribution in [1.82, 2.24) is 14.5 Å². The van der Waals surface area contributed by atoms with Crippen LogP contribution in [0.3, 0.4) is 0 Å². The van der Waals surface area contributed by atoms with Gasteiger partial charge in [0.25, 0.3) is 0 Å². The molecule has 0 bridgehead atoms.